The van der Waals surface area contributed by atoms with Gasteiger partial charge in [-0.05, 0) is 25.7 Å². The molecule has 0 bridgehead atoms. The van der Waals surface area contributed by atoms with Gasteiger partial charge in [0, 0.05) is 6.61 Å². The zero-order valence-corrected chi connectivity index (χ0v) is 17.2. The molecule has 0 saturated carbocycles. The number of hydrogen-bond acceptors (Lipinski definition) is 5. The molecule has 1 rings (SSSR count). The predicted molar refractivity (Wildman–Crippen MR) is 109 cm³/mol. The van der Waals surface area contributed by atoms with Crippen LogP contribution in [0.4, 0.5) is 0 Å². The lowest BCUT2D eigenvalue weighted by atomic mass is 10.1. The smallest absolute Gasteiger partial charge is 0.114 e. The summed E-state index contributed by atoms with van der Waals surface area (Å²) >= 11 is 0. The second kappa shape index (κ2) is 16.5. The molecular formula is C22H42O5. The molecule has 3 N–H and O–H groups in total. The summed E-state index contributed by atoms with van der Waals surface area (Å²) in [7, 11) is 0. The van der Waals surface area contributed by atoms with E-state index in [4.69, 9.17) is 14.6 Å². The summed E-state index contributed by atoms with van der Waals surface area (Å²) in [5.74, 6) is 0. The molecule has 0 unspecified atom stereocenters. The Kier molecular flexibility index (Phi) is 15.0. The molecule has 5 heteroatoms. The van der Waals surface area contributed by atoms with Crippen LogP contribution >= 0.6 is 0 Å². The van der Waals surface area contributed by atoms with E-state index in [2.05, 4.69) is 19.1 Å². The SMILES string of the molecule is CCCC/C=C/CCCCCCCCCCO[C@@H]1[C@H]([C@H](O)CO)OC[C@@H]1O. The average molecular weight is 387 g/mol. The molecule has 160 valence electrons. The largest absolute Gasteiger partial charge is 0.394 e. The lowest BCUT2D eigenvalue weighted by Crippen LogP contribution is -2.42. The van der Waals surface area contributed by atoms with Crippen molar-refractivity contribution in [1.82, 2.24) is 0 Å². The van der Waals surface area contributed by atoms with Crippen LogP contribution in [0, 0.1) is 0 Å². The van der Waals surface area contributed by atoms with Gasteiger partial charge < -0.3 is 24.8 Å². The summed E-state index contributed by atoms with van der Waals surface area (Å²) in [6.07, 6.45) is 16.6. The van der Waals surface area contributed by atoms with Crippen molar-refractivity contribution in [1.29, 1.82) is 0 Å². The van der Waals surface area contributed by atoms with Crippen molar-refractivity contribution in [2.24, 2.45) is 0 Å². The fourth-order valence-corrected chi connectivity index (χ4v) is 3.46. The maximum Gasteiger partial charge on any atom is 0.114 e. The van der Waals surface area contributed by atoms with E-state index in [1.165, 1.54) is 64.2 Å². The first-order chi connectivity index (χ1) is 13.2. The molecule has 0 spiro atoms. The van der Waals surface area contributed by atoms with E-state index in [0.717, 1.165) is 12.8 Å². The van der Waals surface area contributed by atoms with Gasteiger partial charge in [0.1, 0.15) is 24.4 Å². The van der Waals surface area contributed by atoms with Crippen molar-refractivity contribution in [3.05, 3.63) is 12.2 Å². The normalized spacial score (nSPS) is 24.1. The Balaban J connectivity index is 1.89. The van der Waals surface area contributed by atoms with Gasteiger partial charge in [-0.1, -0.05) is 70.4 Å². The highest BCUT2D eigenvalue weighted by atomic mass is 16.6. The molecule has 0 aromatic rings. The zero-order chi connectivity index (χ0) is 19.7. The Morgan fingerprint density at radius 2 is 1.56 bits per heavy atom. The van der Waals surface area contributed by atoms with Crippen molar-refractivity contribution in [2.45, 2.75) is 108 Å². The van der Waals surface area contributed by atoms with Crippen LogP contribution in [0.3, 0.4) is 0 Å². The van der Waals surface area contributed by atoms with Crippen LogP contribution in [0.1, 0.15) is 84.0 Å². The van der Waals surface area contributed by atoms with Crippen LogP contribution < -0.4 is 0 Å². The van der Waals surface area contributed by atoms with Crippen LogP contribution in [-0.4, -0.2) is 59.6 Å². The molecule has 1 aliphatic heterocycles. The molecule has 4 atom stereocenters. The van der Waals surface area contributed by atoms with E-state index >= 15 is 0 Å². The number of aliphatic hydroxyl groups is 3. The van der Waals surface area contributed by atoms with E-state index in [1.54, 1.807) is 0 Å². The summed E-state index contributed by atoms with van der Waals surface area (Å²) in [6, 6.07) is 0. The van der Waals surface area contributed by atoms with Gasteiger partial charge in [-0.3, -0.25) is 0 Å². The minimum absolute atomic E-state index is 0.154. The minimum atomic E-state index is -1.00. The molecule has 27 heavy (non-hydrogen) atoms. The van der Waals surface area contributed by atoms with E-state index in [1.807, 2.05) is 0 Å². The number of allylic oxidation sites excluding steroid dienone is 2. The lowest BCUT2D eigenvalue weighted by Gasteiger charge is -2.23. The Morgan fingerprint density at radius 3 is 2.19 bits per heavy atom. The van der Waals surface area contributed by atoms with E-state index in [0.29, 0.717) is 6.61 Å². The molecule has 1 heterocycles. The number of rotatable bonds is 17. The van der Waals surface area contributed by atoms with Crippen LogP contribution in [0.2, 0.25) is 0 Å². The Hall–Kier alpha value is -0.460. The standard InChI is InChI=1S/C22H42O5/c1-2-3-4-5-6-7-8-9-10-11-12-13-14-15-16-26-22-20(25)18-27-21(22)19(24)17-23/h5-6,19-25H,2-4,7-18H2,1H3/b6-5+/t19-,20+,21+,22+/m1/s1. The maximum atomic E-state index is 9.87. The van der Waals surface area contributed by atoms with Crippen molar-refractivity contribution in [3.63, 3.8) is 0 Å². The van der Waals surface area contributed by atoms with Crippen LogP contribution in [-0.2, 0) is 9.47 Å². The third kappa shape index (κ3) is 11.2. The lowest BCUT2D eigenvalue weighted by molar-refractivity contribution is -0.0938. The first-order valence-corrected chi connectivity index (χ1v) is 11.1. The van der Waals surface area contributed by atoms with Gasteiger partial charge >= 0.3 is 0 Å². The molecule has 1 fully saturated rings. The van der Waals surface area contributed by atoms with Crippen LogP contribution in [0.25, 0.3) is 0 Å². The monoisotopic (exact) mass is 386 g/mol. The van der Waals surface area contributed by atoms with Crippen LogP contribution in [0.15, 0.2) is 12.2 Å². The third-order valence-corrected chi connectivity index (χ3v) is 5.20. The Labute approximate surface area is 165 Å². The Morgan fingerprint density at radius 1 is 0.963 bits per heavy atom. The van der Waals surface area contributed by atoms with Crippen molar-refractivity contribution >= 4 is 0 Å². The highest BCUT2D eigenvalue weighted by molar-refractivity contribution is 4.89. The fourth-order valence-electron chi connectivity index (χ4n) is 3.46. The molecular weight excluding hydrogens is 344 g/mol. The van der Waals surface area contributed by atoms with Gasteiger partial charge in [-0.25, -0.2) is 0 Å². The maximum absolute atomic E-state index is 9.87. The summed E-state index contributed by atoms with van der Waals surface area (Å²) < 4.78 is 11.0. The number of hydrogen-bond donors (Lipinski definition) is 3. The van der Waals surface area contributed by atoms with Crippen molar-refractivity contribution in [3.8, 4) is 0 Å². The summed E-state index contributed by atoms with van der Waals surface area (Å²) in [5.41, 5.74) is 0. The third-order valence-electron chi connectivity index (χ3n) is 5.20. The van der Waals surface area contributed by atoms with Gasteiger partial charge in [0.2, 0.25) is 0 Å². The van der Waals surface area contributed by atoms with Gasteiger partial charge in [0.15, 0.2) is 0 Å². The quantitative estimate of drug-likeness (QED) is 0.262. The van der Waals surface area contributed by atoms with Gasteiger partial charge in [0.25, 0.3) is 0 Å². The molecule has 0 radical (unpaired) electrons. The van der Waals surface area contributed by atoms with Gasteiger partial charge in [-0.15, -0.1) is 0 Å². The van der Waals surface area contributed by atoms with Crippen molar-refractivity contribution in [2.75, 3.05) is 19.8 Å². The zero-order valence-electron chi connectivity index (χ0n) is 17.2. The molecule has 5 nitrogen and oxygen atoms in total. The second-order valence-corrected chi connectivity index (χ2v) is 7.68. The molecule has 0 aromatic heterocycles. The van der Waals surface area contributed by atoms with Crippen molar-refractivity contribution < 1.29 is 24.8 Å². The van der Waals surface area contributed by atoms with E-state index in [-0.39, 0.29) is 13.2 Å². The molecule has 0 aromatic carbocycles. The molecule has 0 aliphatic carbocycles. The topological polar surface area (TPSA) is 79.2 Å². The van der Waals surface area contributed by atoms with Crippen LogP contribution in [0.5, 0.6) is 0 Å². The fraction of sp³-hybridized carbons (Fsp3) is 0.909. The van der Waals surface area contributed by atoms with E-state index < -0.39 is 24.4 Å². The minimum Gasteiger partial charge on any atom is -0.394 e. The molecule has 1 aliphatic rings. The molecule has 0 amide bonds. The number of ether oxygens (including phenoxy) is 2. The average Bonchev–Trinajstić information content (AvgIpc) is 3.04. The summed E-state index contributed by atoms with van der Waals surface area (Å²) in [5, 5.41) is 28.6. The molecule has 1 saturated heterocycles. The number of unbranched alkanes of at least 4 members (excludes halogenated alkanes) is 10. The highest BCUT2D eigenvalue weighted by Gasteiger charge is 2.40. The predicted octanol–water partition coefficient (Wildman–Crippen LogP) is 3.74. The summed E-state index contributed by atoms with van der Waals surface area (Å²) in [6.45, 7) is 2.56. The highest BCUT2D eigenvalue weighted by Crippen LogP contribution is 2.21. The Bertz CT molecular complexity index is 361. The first kappa shape index (κ1) is 24.6. The summed E-state index contributed by atoms with van der Waals surface area (Å²) in [4.78, 5) is 0. The van der Waals surface area contributed by atoms with Gasteiger partial charge in [-0.2, -0.15) is 0 Å². The van der Waals surface area contributed by atoms with E-state index in [9.17, 15) is 10.2 Å². The second-order valence-electron chi connectivity index (χ2n) is 7.68. The number of aliphatic hydroxyl groups excluding tert-OH is 3. The first-order valence-electron chi connectivity index (χ1n) is 11.1. The van der Waals surface area contributed by atoms with Gasteiger partial charge in [0.05, 0.1) is 13.2 Å².